The number of para-hydroxylation sites is 1. The molecule has 280 valence electrons. The number of carbonyl (C=O) groups is 6. The van der Waals surface area contributed by atoms with Crippen molar-refractivity contribution in [3.05, 3.63) is 29.3 Å². The number of nitrogens with one attached hydrogen (secondary N) is 8. The van der Waals surface area contributed by atoms with Crippen molar-refractivity contribution < 1.29 is 28.8 Å². The van der Waals surface area contributed by atoms with Crippen molar-refractivity contribution in [3.8, 4) is 0 Å². The Morgan fingerprint density at radius 2 is 1.25 bits per heavy atom. The molecule has 1 heterocycles. The molecule has 1 aromatic carbocycles. The van der Waals surface area contributed by atoms with Crippen molar-refractivity contribution in [2.24, 2.45) is 23.1 Å². The average molecular weight is 731 g/mol. The summed E-state index contributed by atoms with van der Waals surface area (Å²) in [4.78, 5) is 82.4. The number of rotatable bonds is 22. The van der Waals surface area contributed by atoms with E-state index in [2.05, 4.69) is 36.9 Å². The Balaban J connectivity index is 2.29. The Labute approximate surface area is 300 Å². The lowest BCUT2D eigenvalue weighted by Gasteiger charge is -2.27. The monoisotopic (exact) mass is 730 g/mol. The highest BCUT2D eigenvalue weighted by molar-refractivity contribution is 7.20. The van der Waals surface area contributed by atoms with Crippen molar-refractivity contribution in [2.45, 2.75) is 89.9 Å². The third kappa shape index (κ3) is 15.4. The summed E-state index contributed by atoms with van der Waals surface area (Å²) in [6, 6.07) is 2.70. The van der Waals surface area contributed by atoms with Gasteiger partial charge in [0.25, 0.3) is 0 Å². The first-order chi connectivity index (χ1) is 24.1. The number of primary amides is 1. The van der Waals surface area contributed by atoms with Gasteiger partial charge in [0.05, 0.1) is 16.3 Å². The van der Waals surface area contributed by atoms with Crippen LogP contribution in [0.25, 0.3) is 10.2 Å². The summed E-state index contributed by atoms with van der Waals surface area (Å²) >= 11 is 1.19. The zero-order valence-corrected chi connectivity index (χ0v) is 29.9. The summed E-state index contributed by atoms with van der Waals surface area (Å²) in [6.07, 6.45) is 0.731. The van der Waals surface area contributed by atoms with Gasteiger partial charge in [0.1, 0.15) is 18.1 Å². The van der Waals surface area contributed by atoms with Gasteiger partial charge in [-0.25, -0.2) is 4.98 Å². The molecular formula is C32H50N12O6S. The van der Waals surface area contributed by atoms with Gasteiger partial charge in [-0.05, 0) is 56.6 Å². The predicted octanol–water partition coefficient (Wildman–Crippen LogP) is -0.724. The minimum Gasteiger partial charge on any atom is -0.370 e. The molecule has 0 aliphatic carbocycles. The molecule has 2 rings (SSSR count). The summed E-state index contributed by atoms with van der Waals surface area (Å²) in [5.41, 5.74) is 16.7. The van der Waals surface area contributed by atoms with Gasteiger partial charge in [-0.3, -0.25) is 39.6 Å². The molecule has 0 radical (unpaired) electrons. The molecule has 2 aromatic rings. The first-order valence-electron chi connectivity index (χ1n) is 16.6. The van der Waals surface area contributed by atoms with E-state index in [1.807, 2.05) is 26.0 Å². The van der Waals surface area contributed by atoms with Crippen LogP contribution in [0.5, 0.6) is 0 Å². The highest BCUT2D eigenvalue weighted by Crippen LogP contribution is 2.23. The largest absolute Gasteiger partial charge is 0.370 e. The van der Waals surface area contributed by atoms with Gasteiger partial charge < -0.3 is 49.1 Å². The molecule has 0 aliphatic rings. The number of Topliss-reactive ketones (excluding diaryl/α,β-unsaturated/α-hetero) is 1. The lowest BCUT2D eigenvalue weighted by atomic mass is 10.00. The molecule has 19 heteroatoms. The topological polar surface area (TPSA) is 313 Å². The molecule has 0 spiro atoms. The van der Waals surface area contributed by atoms with Gasteiger partial charge in [-0.1, -0.05) is 26.0 Å². The fourth-order valence-electron chi connectivity index (χ4n) is 5.04. The normalized spacial score (nSPS) is 13.3. The number of fused-ring (bicyclic) bond motifs is 1. The summed E-state index contributed by atoms with van der Waals surface area (Å²) in [5, 5.41) is 30.7. The lowest BCUT2D eigenvalue weighted by molar-refractivity contribution is -0.134. The third-order valence-corrected chi connectivity index (χ3v) is 8.51. The quantitative estimate of drug-likeness (QED) is 0.0311. The highest BCUT2D eigenvalue weighted by atomic mass is 32.1. The zero-order valence-electron chi connectivity index (χ0n) is 29.1. The van der Waals surface area contributed by atoms with Crippen molar-refractivity contribution >= 4 is 68.8 Å². The molecule has 0 saturated carbocycles. The van der Waals surface area contributed by atoms with Crippen LogP contribution in [0.2, 0.25) is 0 Å². The first-order valence-corrected chi connectivity index (χ1v) is 17.4. The number of ketones is 1. The first kappa shape index (κ1) is 41.8. The number of benzene rings is 1. The maximum Gasteiger partial charge on any atom is 0.243 e. The molecule has 5 amide bonds. The van der Waals surface area contributed by atoms with E-state index in [1.54, 1.807) is 12.1 Å². The molecule has 0 fully saturated rings. The second-order valence-corrected chi connectivity index (χ2v) is 13.4. The molecular weight excluding hydrogens is 680 g/mol. The number of carbonyl (C=O) groups excluding carboxylic acids is 6. The SMILES string of the molecule is CC(=O)N[C@@H](CCCNC(=N)N)C(=O)N[C@@H](CCC(N)=O)C(=O)N[C@@H](CC(C)C)C(=O)NC(CCCNC(=N)N)C(=O)c1nc2ccccc2s1. The molecule has 0 aliphatic heterocycles. The van der Waals surface area contributed by atoms with Crippen LogP contribution in [0.15, 0.2) is 24.3 Å². The molecule has 1 unspecified atom stereocenters. The Bertz CT molecular complexity index is 1530. The standard InChI is InChI=1S/C32H50N12O6S/c1-17(2)16-23(29(50)41-20(9-6-14-38-31(34)35)26(47)30-44-19-8-4-5-11-24(19)51-30)43-28(49)22(12-13-25(33)46)42-27(48)21(40-18(3)45)10-7-15-39-32(36)37/h4-5,8,11,17,20-23H,6-7,9-10,12-16H2,1-3H3,(H2,33,46)(H,40,45)(H,41,50)(H,42,48)(H,43,49)(H4,34,35,38)(H4,36,37,39)/t20?,21-,22-,23-/m0/s1. The van der Waals surface area contributed by atoms with Crippen LogP contribution in [0.4, 0.5) is 0 Å². The van der Waals surface area contributed by atoms with E-state index < -0.39 is 59.5 Å². The number of thiazole rings is 1. The number of hydrogen-bond acceptors (Lipinski definition) is 10. The minimum atomic E-state index is -1.31. The lowest BCUT2D eigenvalue weighted by Crippen LogP contribution is -2.58. The molecule has 14 N–H and O–H groups in total. The molecule has 0 saturated heterocycles. The number of nitrogens with zero attached hydrogens (tertiary/aromatic N) is 1. The summed E-state index contributed by atoms with van der Waals surface area (Å²) in [5.74, 6) is -4.34. The number of amides is 5. The number of guanidine groups is 2. The van der Waals surface area contributed by atoms with Crippen LogP contribution in [0, 0.1) is 16.7 Å². The second kappa shape index (κ2) is 21.0. The van der Waals surface area contributed by atoms with E-state index in [4.69, 9.17) is 28.0 Å². The smallest absolute Gasteiger partial charge is 0.243 e. The maximum absolute atomic E-state index is 13.8. The Hall–Kier alpha value is -5.33. The van der Waals surface area contributed by atoms with Crippen molar-refractivity contribution in [2.75, 3.05) is 13.1 Å². The summed E-state index contributed by atoms with van der Waals surface area (Å²) in [7, 11) is 0. The van der Waals surface area contributed by atoms with E-state index in [9.17, 15) is 28.8 Å². The zero-order chi connectivity index (χ0) is 38.1. The van der Waals surface area contributed by atoms with Crippen molar-refractivity contribution in [1.29, 1.82) is 10.8 Å². The molecule has 0 bridgehead atoms. The minimum absolute atomic E-state index is 0.0920. The number of hydrogen-bond donors (Lipinski definition) is 11. The number of aromatic nitrogens is 1. The fraction of sp³-hybridized carbons (Fsp3) is 0.531. The van der Waals surface area contributed by atoms with Gasteiger partial charge in [0.2, 0.25) is 35.3 Å². The molecule has 51 heavy (non-hydrogen) atoms. The van der Waals surface area contributed by atoms with Gasteiger partial charge in [0, 0.05) is 26.4 Å². The molecule has 1 aromatic heterocycles. The second-order valence-electron chi connectivity index (χ2n) is 12.4. The van der Waals surface area contributed by atoms with Crippen LogP contribution < -0.4 is 49.1 Å². The summed E-state index contributed by atoms with van der Waals surface area (Å²) in [6.45, 7) is 5.44. The van der Waals surface area contributed by atoms with Crippen LogP contribution >= 0.6 is 11.3 Å². The average Bonchev–Trinajstić information content (AvgIpc) is 3.48. The number of nitrogens with two attached hydrogens (primary N) is 3. The van der Waals surface area contributed by atoms with Crippen LogP contribution in [-0.2, 0) is 24.0 Å². The van der Waals surface area contributed by atoms with Crippen LogP contribution in [-0.4, -0.2) is 89.5 Å². The van der Waals surface area contributed by atoms with Gasteiger partial charge in [0.15, 0.2) is 16.9 Å². The predicted molar refractivity (Wildman–Crippen MR) is 194 cm³/mol. The fourth-order valence-corrected chi connectivity index (χ4v) is 6.00. The molecule has 18 nitrogen and oxygen atoms in total. The van der Waals surface area contributed by atoms with Crippen LogP contribution in [0.3, 0.4) is 0 Å². The van der Waals surface area contributed by atoms with E-state index in [0.717, 1.165) is 4.70 Å². The van der Waals surface area contributed by atoms with Crippen LogP contribution in [0.1, 0.15) is 75.5 Å². The highest BCUT2D eigenvalue weighted by Gasteiger charge is 2.32. The van der Waals surface area contributed by atoms with Crippen molar-refractivity contribution in [3.63, 3.8) is 0 Å². The molecule has 4 atom stereocenters. The Morgan fingerprint density at radius 3 is 1.78 bits per heavy atom. The van der Waals surface area contributed by atoms with E-state index in [-0.39, 0.29) is 68.0 Å². The third-order valence-electron chi connectivity index (χ3n) is 7.45. The maximum atomic E-state index is 13.8. The van der Waals surface area contributed by atoms with Gasteiger partial charge in [-0.2, -0.15) is 0 Å². The van der Waals surface area contributed by atoms with Gasteiger partial charge in [-0.15, -0.1) is 11.3 Å². The Kier molecular flexibility index (Phi) is 17.2. The van der Waals surface area contributed by atoms with E-state index in [0.29, 0.717) is 18.4 Å². The Morgan fingerprint density at radius 1 is 0.745 bits per heavy atom. The summed E-state index contributed by atoms with van der Waals surface area (Å²) < 4.78 is 0.798. The van der Waals surface area contributed by atoms with E-state index >= 15 is 0 Å². The van der Waals surface area contributed by atoms with Crippen molar-refractivity contribution in [1.82, 2.24) is 36.9 Å². The van der Waals surface area contributed by atoms with E-state index in [1.165, 1.54) is 18.3 Å². The van der Waals surface area contributed by atoms with Gasteiger partial charge >= 0.3 is 0 Å².